The molecule has 0 unspecified atom stereocenters. The summed E-state index contributed by atoms with van der Waals surface area (Å²) in [6.07, 6.45) is 1.73. The number of pyridine rings is 1. The van der Waals surface area contributed by atoms with E-state index in [1.54, 1.807) is 6.20 Å². The highest BCUT2D eigenvalue weighted by atomic mass is 32.1. The van der Waals surface area contributed by atoms with Crippen molar-refractivity contribution in [3.8, 4) is 16.5 Å². The number of nitrogens with one attached hydrogen (secondary N) is 1. The second kappa shape index (κ2) is 10.8. The number of amides is 1. The van der Waals surface area contributed by atoms with Crippen molar-refractivity contribution in [3.63, 3.8) is 0 Å². The lowest BCUT2D eigenvalue weighted by molar-refractivity contribution is 0.0954. The van der Waals surface area contributed by atoms with E-state index in [4.69, 9.17) is 4.74 Å². The summed E-state index contributed by atoms with van der Waals surface area (Å²) in [5.41, 5.74) is 2.44. The predicted molar refractivity (Wildman–Crippen MR) is 121 cm³/mol. The molecule has 0 aliphatic heterocycles. The van der Waals surface area contributed by atoms with E-state index in [9.17, 15) is 4.79 Å². The molecule has 158 valence electrons. The van der Waals surface area contributed by atoms with Crippen LogP contribution in [-0.2, 0) is 6.54 Å². The summed E-state index contributed by atoms with van der Waals surface area (Å²) in [5.74, 6) is 0.672. The van der Waals surface area contributed by atoms with Crippen LogP contribution in [0.2, 0.25) is 0 Å². The Morgan fingerprint density at radius 2 is 1.90 bits per heavy atom. The molecule has 1 N–H and O–H groups in total. The molecule has 0 aliphatic rings. The van der Waals surface area contributed by atoms with Gasteiger partial charge in [-0.1, -0.05) is 38.1 Å². The first kappa shape index (κ1) is 21.9. The van der Waals surface area contributed by atoms with Gasteiger partial charge in [0.05, 0.1) is 11.4 Å². The van der Waals surface area contributed by atoms with Crippen molar-refractivity contribution in [2.75, 3.05) is 26.2 Å². The lowest BCUT2D eigenvalue weighted by Crippen LogP contribution is -2.28. The molecule has 0 radical (unpaired) electrons. The Morgan fingerprint density at radius 1 is 1.13 bits per heavy atom. The molecule has 2 aromatic heterocycles. The lowest BCUT2D eigenvalue weighted by Gasteiger charge is -2.19. The fourth-order valence-corrected chi connectivity index (χ4v) is 4.04. The number of para-hydroxylation sites is 1. The van der Waals surface area contributed by atoms with Crippen molar-refractivity contribution in [1.82, 2.24) is 20.2 Å². The molecule has 0 spiro atoms. The third kappa shape index (κ3) is 5.64. The molecule has 6 nitrogen and oxygen atoms in total. The van der Waals surface area contributed by atoms with Gasteiger partial charge in [0, 0.05) is 24.8 Å². The monoisotopic (exact) mass is 424 g/mol. The van der Waals surface area contributed by atoms with Crippen molar-refractivity contribution in [3.05, 3.63) is 64.8 Å². The predicted octanol–water partition coefficient (Wildman–Crippen LogP) is 4.16. The van der Waals surface area contributed by atoms with Gasteiger partial charge in [-0.25, -0.2) is 4.98 Å². The van der Waals surface area contributed by atoms with E-state index in [1.807, 2.05) is 49.4 Å². The van der Waals surface area contributed by atoms with Crippen LogP contribution in [0.1, 0.15) is 34.8 Å². The summed E-state index contributed by atoms with van der Waals surface area (Å²) < 4.78 is 5.98. The first-order valence-corrected chi connectivity index (χ1v) is 11.0. The van der Waals surface area contributed by atoms with E-state index < -0.39 is 0 Å². The molecule has 0 atom stereocenters. The highest BCUT2D eigenvalue weighted by Gasteiger charge is 2.17. The minimum absolute atomic E-state index is 0.134. The number of nitrogens with zero attached hydrogens (tertiary/aromatic N) is 3. The molecule has 30 heavy (non-hydrogen) atoms. The smallest absolute Gasteiger partial charge is 0.263 e. The second-order valence-corrected chi connectivity index (χ2v) is 7.81. The van der Waals surface area contributed by atoms with Crippen LogP contribution >= 0.6 is 11.3 Å². The van der Waals surface area contributed by atoms with Crippen molar-refractivity contribution in [1.29, 1.82) is 0 Å². The average Bonchev–Trinajstić information content (AvgIpc) is 3.18. The SMILES string of the molecule is CCN(CC)CCOc1ccccc1CNC(=O)c1sc(-c2ccccn2)nc1C. The number of rotatable bonds is 10. The number of hydrogen-bond donors (Lipinski definition) is 1. The molecule has 0 fully saturated rings. The van der Waals surface area contributed by atoms with Crippen molar-refractivity contribution >= 4 is 17.2 Å². The van der Waals surface area contributed by atoms with Crippen LogP contribution in [0.25, 0.3) is 10.7 Å². The summed E-state index contributed by atoms with van der Waals surface area (Å²) in [4.78, 5) is 24.5. The quantitative estimate of drug-likeness (QED) is 0.529. The van der Waals surface area contributed by atoms with Crippen molar-refractivity contribution in [2.45, 2.75) is 27.3 Å². The summed E-state index contributed by atoms with van der Waals surface area (Å²) in [7, 11) is 0. The normalized spacial score (nSPS) is 10.9. The number of aryl methyl sites for hydroxylation is 1. The van der Waals surface area contributed by atoms with Crippen LogP contribution in [0.15, 0.2) is 48.7 Å². The largest absolute Gasteiger partial charge is 0.492 e. The van der Waals surface area contributed by atoms with Gasteiger partial charge in [0.15, 0.2) is 0 Å². The number of aromatic nitrogens is 2. The maximum absolute atomic E-state index is 12.8. The lowest BCUT2D eigenvalue weighted by atomic mass is 10.2. The number of benzene rings is 1. The van der Waals surface area contributed by atoms with Gasteiger partial charge in [-0.3, -0.25) is 9.78 Å². The maximum Gasteiger partial charge on any atom is 0.263 e. The number of likely N-dealkylation sites (N-methyl/N-ethyl adjacent to an activating group) is 1. The van der Waals surface area contributed by atoms with E-state index in [-0.39, 0.29) is 5.91 Å². The molecule has 7 heteroatoms. The molecule has 2 heterocycles. The minimum atomic E-state index is -0.134. The zero-order valence-electron chi connectivity index (χ0n) is 17.7. The fourth-order valence-electron chi connectivity index (χ4n) is 3.08. The van der Waals surface area contributed by atoms with E-state index in [0.717, 1.165) is 41.6 Å². The number of carbonyl (C=O) groups excluding carboxylic acids is 1. The Balaban J connectivity index is 1.62. The van der Waals surface area contributed by atoms with E-state index in [0.29, 0.717) is 23.7 Å². The number of hydrogen-bond acceptors (Lipinski definition) is 6. The Morgan fingerprint density at radius 3 is 2.63 bits per heavy atom. The second-order valence-electron chi connectivity index (χ2n) is 6.81. The maximum atomic E-state index is 12.8. The zero-order chi connectivity index (χ0) is 21.3. The summed E-state index contributed by atoms with van der Waals surface area (Å²) in [6.45, 7) is 10.1. The van der Waals surface area contributed by atoms with Gasteiger partial charge in [0.1, 0.15) is 22.2 Å². The van der Waals surface area contributed by atoms with Gasteiger partial charge >= 0.3 is 0 Å². The zero-order valence-corrected chi connectivity index (χ0v) is 18.5. The topological polar surface area (TPSA) is 67.3 Å². The van der Waals surface area contributed by atoms with Crippen molar-refractivity contribution in [2.24, 2.45) is 0 Å². The van der Waals surface area contributed by atoms with Gasteiger partial charge in [0.2, 0.25) is 0 Å². The Kier molecular flexibility index (Phi) is 7.93. The van der Waals surface area contributed by atoms with Gasteiger partial charge in [-0.15, -0.1) is 11.3 Å². The molecule has 1 aromatic carbocycles. The van der Waals surface area contributed by atoms with Crippen LogP contribution < -0.4 is 10.1 Å². The van der Waals surface area contributed by atoms with Crippen molar-refractivity contribution < 1.29 is 9.53 Å². The van der Waals surface area contributed by atoms with Gasteiger partial charge in [0.25, 0.3) is 5.91 Å². The fraction of sp³-hybridized carbons (Fsp3) is 0.348. The standard InChI is InChI=1S/C23H28N4O2S/c1-4-27(5-2)14-15-29-20-12-7-6-10-18(20)16-25-22(28)21-17(3)26-23(30-21)19-11-8-9-13-24-19/h6-13H,4-5,14-16H2,1-3H3,(H,25,28). The van der Waals surface area contributed by atoms with Gasteiger partial charge in [-0.05, 0) is 38.2 Å². The van der Waals surface area contributed by atoms with E-state index in [1.165, 1.54) is 11.3 Å². The van der Waals surface area contributed by atoms with Crippen LogP contribution in [0.5, 0.6) is 5.75 Å². The summed E-state index contributed by atoms with van der Waals surface area (Å²) in [5, 5.41) is 3.75. The minimum Gasteiger partial charge on any atom is -0.492 e. The van der Waals surface area contributed by atoms with Gasteiger partial charge < -0.3 is 15.0 Å². The van der Waals surface area contributed by atoms with E-state index in [2.05, 4.69) is 34.0 Å². The third-order valence-corrected chi connectivity index (χ3v) is 6.04. The third-order valence-electron chi connectivity index (χ3n) is 4.86. The molecule has 3 rings (SSSR count). The Labute approximate surface area is 181 Å². The summed E-state index contributed by atoms with van der Waals surface area (Å²) >= 11 is 1.36. The first-order chi connectivity index (χ1) is 14.6. The Hall–Kier alpha value is -2.77. The van der Waals surface area contributed by atoms with E-state index >= 15 is 0 Å². The molecule has 3 aromatic rings. The van der Waals surface area contributed by atoms with Crippen LogP contribution in [-0.4, -0.2) is 47.0 Å². The molecule has 0 aliphatic carbocycles. The Bertz CT molecular complexity index is 955. The van der Waals surface area contributed by atoms with Crippen LogP contribution in [0.4, 0.5) is 0 Å². The first-order valence-electron chi connectivity index (χ1n) is 10.2. The molecule has 0 bridgehead atoms. The highest BCUT2D eigenvalue weighted by Crippen LogP contribution is 2.26. The summed E-state index contributed by atoms with van der Waals surface area (Å²) in [6, 6.07) is 13.5. The molecule has 0 saturated heterocycles. The molecular weight excluding hydrogens is 396 g/mol. The van der Waals surface area contributed by atoms with Gasteiger partial charge in [-0.2, -0.15) is 0 Å². The molecule has 1 amide bonds. The van der Waals surface area contributed by atoms with Crippen LogP contribution in [0.3, 0.4) is 0 Å². The highest BCUT2D eigenvalue weighted by molar-refractivity contribution is 7.17. The number of carbonyl (C=O) groups is 1. The average molecular weight is 425 g/mol. The molecular formula is C23H28N4O2S. The number of thiazole rings is 1. The number of ether oxygens (including phenoxy) is 1. The molecule has 0 saturated carbocycles. The van der Waals surface area contributed by atoms with Crippen LogP contribution in [0, 0.1) is 6.92 Å².